The molecule has 0 aliphatic rings. The molecule has 0 aliphatic carbocycles. The molecule has 0 radical (unpaired) electrons. The van der Waals surface area contributed by atoms with Gasteiger partial charge in [-0.05, 0) is 12.0 Å². The predicted molar refractivity (Wildman–Crippen MR) is 66.0 cm³/mol. The normalized spacial score (nSPS) is 10.2. The molecule has 17 heavy (non-hydrogen) atoms. The van der Waals surface area contributed by atoms with Crippen molar-refractivity contribution in [2.24, 2.45) is 7.05 Å². The minimum Gasteiger partial charge on any atom is -0.337 e. The third kappa shape index (κ3) is 3.56. The second-order valence-corrected chi connectivity index (χ2v) is 4.38. The Morgan fingerprint density at radius 3 is 3.12 bits per heavy atom. The zero-order valence-electron chi connectivity index (χ0n) is 9.38. The lowest BCUT2D eigenvalue weighted by atomic mass is 10.2. The highest BCUT2D eigenvalue weighted by Crippen LogP contribution is 2.09. The quantitative estimate of drug-likeness (QED) is 0.858. The molecular formula is C10H13N5OS. The first-order chi connectivity index (χ1) is 8.24. The maximum atomic E-state index is 11.4. The highest BCUT2D eigenvalue weighted by atomic mass is 32.1. The molecule has 2 heterocycles. The molecule has 7 heteroatoms. The minimum absolute atomic E-state index is 0.233. The fourth-order valence-corrected chi connectivity index (χ4v) is 1.87. The molecule has 0 fully saturated rings. The Labute approximate surface area is 103 Å². The standard InChI is InChI=1S/C10H13N5OS/c1-15-7-8(6-13-15)2-3-11-9(16)14-10-12-4-5-17-10/h4-7H,2-3H2,1H3,(H2,11,12,14,16). The largest absolute Gasteiger partial charge is 0.337 e. The molecule has 0 aliphatic heterocycles. The number of nitrogens with one attached hydrogen (secondary N) is 2. The molecule has 0 bridgehead atoms. The number of aromatic nitrogens is 3. The molecule has 0 spiro atoms. The zero-order chi connectivity index (χ0) is 12.1. The number of anilines is 1. The highest BCUT2D eigenvalue weighted by molar-refractivity contribution is 7.13. The molecule has 6 nitrogen and oxygen atoms in total. The van der Waals surface area contributed by atoms with E-state index < -0.39 is 0 Å². The van der Waals surface area contributed by atoms with Gasteiger partial charge in [0.05, 0.1) is 6.20 Å². The van der Waals surface area contributed by atoms with Gasteiger partial charge >= 0.3 is 6.03 Å². The number of hydrogen-bond donors (Lipinski definition) is 2. The lowest BCUT2D eigenvalue weighted by Gasteiger charge is -2.03. The minimum atomic E-state index is -0.233. The van der Waals surface area contributed by atoms with Crippen LogP contribution in [0.25, 0.3) is 0 Å². The molecule has 2 aromatic rings. The number of hydrogen-bond acceptors (Lipinski definition) is 4. The maximum Gasteiger partial charge on any atom is 0.321 e. The summed E-state index contributed by atoms with van der Waals surface area (Å²) in [6.07, 6.45) is 6.13. The molecular weight excluding hydrogens is 238 g/mol. The van der Waals surface area contributed by atoms with Crippen LogP contribution in [0.1, 0.15) is 5.56 Å². The highest BCUT2D eigenvalue weighted by Gasteiger charge is 2.03. The molecule has 0 aromatic carbocycles. The van der Waals surface area contributed by atoms with Gasteiger partial charge in [-0.2, -0.15) is 5.10 Å². The molecule has 2 amide bonds. The summed E-state index contributed by atoms with van der Waals surface area (Å²) < 4.78 is 1.74. The van der Waals surface area contributed by atoms with Gasteiger partial charge in [0, 0.05) is 31.4 Å². The van der Waals surface area contributed by atoms with Crippen molar-refractivity contribution < 1.29 is 4.79 Å². The van der Waals surface area contributed by atoms with Crippen LogP contribution in [0.4, 0.5) is 9.93 Å². The first-order valence-corrected chi connectivity index (χ1v) is 6.04. The third-order valence-corrected chi connectivity index (χ3v) is 2.80. The van der Waals surface area contributed by atoms with Crippen LogP contribution in [0.2, 0.25) is 0 Å². The van der Waals surface area contributed by atoms with Crippen molar-refractivity contribution in [3.05, 3.63) is 29.5 Å². The monoisotopic (exact) mass is 251 g/mol. The molecule has 2 aromatic heterocycles. The topological polar surface area (TPSA) is 71.8 Å². The van der Waals surface area contributed by atoms with E-state index in [1.165, 1.54) is 11.3 Å². The van der Waals surface area contributed by atoms with Crippen molar-refractivity contribution in [2.75, 3.05) is 11.9 Å². The summed E-state index contributed by atoms with van der Waals surface area (Å²) in [5.74, 6) is 0. The van der Waals surface area contributed by atoms with Gasteiger partial charge in [0.25, 0.3) is 0 Å². The number of carbonyl (C=O) groups is 1. The first kappa shape index (κ1) is 11.6. The average Bonchev–Trinajstić information content (AvgIpc) is 2.90. The van der Waals surface area contributed by atoms with Crippen LogP contribution in [0, 0.1) is 0 Å². The Morgan fingerprint density at radius 1 is 1.59 bits per heavy atom. The summed E-state index contributed by atoms with van der Waals surface area (Å²) in [7, 11) is 1.87. The van der Waals surface area contributed by atoms with Gasteiger partial charge < -0.3 is 5.32 Å². The lowest BCUT2D eigenvalue weighted by molar-refractivity contribution is 0.252. The van der Waals surface area contributed by atoms with E-state index in [0.29, 0.717) is 11.7 Å². The molecule has 0 saturated heterocycles. The van der Waals surface area contributed by atoms with Gasteiger partial charge in [-0.25, -0.2) is 9.78 Å². The fraction of sp³-hybridized carbons (Fsp3) is 0.300. The van der Waals surface area contributed by atoms with Crippen molar-refractivity contribution in [3.8, 4) is 0 Å². The lowest BCUT2D eigenvalue weighted by Crippen LogP contribution is -2.30. The van der Waals surface area contributed by atoms with Crippen LogP contribution in [0.15, 0.2) is 24.0 Å². The Kier molecular flexibility index (Phi) is 3.71. The van der Waals surface area contributed by atoms with Crippen molar-refractivity contribution in [1.82, 2.24) is 20.1 Å². The van der Waals surface area contributed by atoms with E-state index in [1.807, 2.05) is 18.6 Å². The molecule has 2 N–H and O–H groups in total. The number of amides is 2. The fourth-order valence-electron chi connectivity index (χ4n) is 1.35. The number of nitrogens with zero attached hydrogens (tertiary/aromatic N) is 3. The Bertz CT molecular complexity index is 479. The van der Waals surface area contributed by atoms with Crippen molar-refractivity contribution in [3.63, 3.8) is 0 Å². The van der Waals surface area contributed by atoms with Crippen molar-refractivity contribution >= 4 is 22.5 Å². The summed E-state index contributed by atoms with van der Waals surface area (Å²) in [6.45, 7) is 0.572. The van der Waals surface area contributed by atoms with Gasteiger partial charge in [-0.15, -0.1) is 11.3 Å². The van der Waals surface area contributed by atoms with Crippen LogP contribution < -0.4 is 10.6 Å². The van der Waals surface area contributed by atoms with Crippen LogP contribution in [-0.4, -0.2) is 27.3 Å². The predicted octanol–water partition coefficient (Wildman–Crippen LogP) is 1.24. The van der Waals surface area contributed by atoms with Gasteiger partial charge in [0.2, 0.25) is 0 Å². The zero-order valence-corrected chi connectivity index (χ0v) is 10.2. The van der Waals surface area contributed by atoms with E-state index >= 15 is 0 Å². The molecule has 90 valence electrons. The van der Waals surface area contributed by atoms with E-state index in [0.717, 1.165) is 12.0 Å². The van der Waals surface area contributed by atoms with Crippen molar-refractivity contribution in [1.29, 1.82) is 0 Å². The Morgan fingerprint density at radius 2 is 2.47 bits per heavy atom. The summed E-state index contributed by atoms with van der Waals surface area (Å²) in [4.78, 5) is 15.4. The second-order valence-electron chi connectivity index (χ2n) is 3.49. The van der Waals surface area contributed by atoms with E-state index in [-0.39, 0.29) is 6.03 Å². The van der Waals surface area contributed by atoms with Crippen molar-refractivity contribution in [2.45, 2.75) is 6.42 Å². The van der Waals surface area contributed by atoms with E-state index in [2.05, 4.69) is 20.7 Å². The number of carbonyl (C=O) groups excluding carboxylic acids is 1. The van der Waals surface area contributed by atoms with Gasteiger partial charge in [0.1, 0.15) is 0 Å². The van der Waals surface area contributed by atoms with Gasteiger partial charge in [-0.1, -0.05) is 0 Å². The summed E-state index contributed by atoms with van der Waals surface area (Å²) in [5.41, 5.74) is 1.10. The van der Waals surface area contributed by atoms with E-state index in [1.54, 1.807) is 17.1 Å². The molecule has 2 rings (SSSR count). The summed E-state index contributed by atoms with van der Waals surface area (Å²) >= 11 is 1.39. The SMILES string of the molecule is Cn1cc(CCNC(=O)Nc2nccs2)cn1. The van der Waals surface area contributed by atoms with Crippen LogP contribution in [0.3, 0.4) is 0 Å². The van der Waals surface area contributed by atoms with Crippen LogP contribution in [-0.2, 0) is 13.5 Å². The molecule has 0 unspecified atom stereocenters. The Hall–Kier alpha value is -1.89. The second kappa shape index (κ2) is 5.44. The van der Waals surface area contributed by atoms with Gasteiger partial charge in [0.15, 0.2) is 5.13 Å². The average molecular weight is 251 g/mol. The third-order valence-electron chi connectivity index (χ3n) is 2.11. The van der Waals surface area contributed by atoms with Gasteiger partial charge in [-0.3, -0.25) is 10.00 Å². The summed E-state index contributed by atoms with van der Waals surface area (Å²) in [6, 6.07) is -0.233. The first-order valence-electron chi connectivity index (χ1n) is 5.16. The van der Waals surface area contributed by atoms with E-state index in [9.17, 15) is 4.79 Å². The van der Waals surface area contributed by atoms with Crippen LogP contribution in [0.5, 0.6) is 0 Å². The summed E-state index contributed by atoms with van der Waals surface area (Å²) in [5, 5.41) is 11.9. The number of thiazole rings is 1. The number of aryl methyl sites for hydroxylation is 1. The Balaban J connectivity index is 1.70. The molecule has 0 atom stereocenters. The van der Waals surface area contributed by atoms with E-state index in [4.69, 9.17) is 0 Å². The molecule has 0 saturated carbocycles. The maximum absolute atomic E-state index is 11.4. The number of rotatable bonds is 4. The number of urea groups is 1. The smallest absolute Gasteiger partial charge is 0.321 e. The van der Waals surface area contributed by atoms with Crippen LogP contribution >= 0.6 is 11.3 Å².